The number of rotatable bonds is 7. The number of amides is 2. The summed E-state index contributed by atoms with van der Waals surface area (Å²) in [7, 11) is 1.74. The number of nitrogens with zero attached hydrogens (tertiary/aromatic N) is 3. The van der Waals surface area contributed by atoms with Crippen molar-refractivity contribution in [2.24, 2.45) is 5.10 Å². The number of fused-ring (bicyclic) bond motifs is 1. The third kappa shape index (κ3) is 4.91. The smallest absolute Gasteiger partial charge is 0.251 e. The minimum Gasteiger partial charge on any atom is -0.348 e. The fourth-order valence-corrected chi connectivity index (χ4v) is 3.80. The van der Waals surface area contributed by atoms with Crippen LogP contribution in [-0.4, -0.2) is 42.7 Å². The zero-order valence-corrected chi connectivity index (χ0v) is 19.4. The standard InChI is InChI=1S/C25H25F3N4O2/c1-6-15(2)30-31(5)9-10-32-22-11-16(7-8-19(22)25(3,4)24(32)34)23(33)29-14-18-20(27)12-17(26)13-21(18)28/h1,7-8,11-13H,9-10,14H2,2-5H3,(H,29,33)/b30-15-. The van der Waals surface area contributed by atoms with Gasteiger partial charge in [0.15, 0.2) is 0 Å². The molecule has 34 heavy (non-hydrogen) atoms. The molecule has 1 aliphatic rings. The third-order valence-electron chi connectivity index (χ3n) is 5.71. The van der Waals surface area contributed by atoms with Crippen LogP contribution in [0.2, 0.25) is 0 Å². The summed E-state index contributed by atoms with van der Waals surface area (Å²) in [6, 6.07) is 5.93. The molecule has 0 atom stereocenters. The normalized spacial score (nSPS) is 14.6. The lowest BCUT2D eigenvalue weighted by atomic mass is 9.86. The van der Waals surface area contributed by atoms with Crippen molar-refractivity contribution < 1.29 is 22.8 Å². The van der Waals surface area contributed by atoms with Gasteiger partial charge in [-0.15, -0.1) is 6.42 Å². The number of carbonyl (C=O) groups is 2. The topological polar surface area (TPSA) is 65.0 Å². The molecular weight excluding hydrogens is 445 g/mol. The fourth-order valence-electron chi connectivity index (χ4n) is 3.80. The number of carbonyl (C=O) groups excluding carboxylic acids is 2. The van der Waals surface area contributed by atoms with Gasteiger partial charge in [0.1, 0.15) is 23.2 Å². The number of likely N-dealkylation sites (N-methyl/N-ethyl adjacent to an activating group) is 1. The number of anilines is 1. The lowest BCUT2D eigenvalue weighted by molar-refractivity contribution is -0.122. The van der Waals surface area contributed by atoms with E-state index in [9.17, 15) is 22.8 Å². The Morgan fingerprint density at radius 3 is 2.47 bits per heavy atom. The maximum absolute atomic E-state index is 13.9. The average Bonchev–Trinajstić information content (AvgIpc) is 2.96. The monoisotopic (exact) mass is 470 g/mol. The first-order chi connectivity index (χ1) is 15.9. The van der Waals surface area contributed by atoms with Crippen molar-refractivity contribution in [1.29, 1.82) is 0 Å². The summed E-state index contributed by atoms with van der Waals surface area (Å²) >= 11 is 0. The van der Waals surface area contributed by atoms with Crippen molar-refractivity contribution in [3.05, 3.63) is 64.5 Å². The van der Waals surface area contributed by atoms with E-state index in [0.29, 0.717) is 36.6 Å². The molecule has 6 nitrogen and oxygen atoms in total. The number of nitrogens with one attached hydrogen (secondary N) is 1. The number of halogens is 3. The minimum atomic E-state index is -1.09. The van der Waals surface area contributed by atoms with Crippen molar-refractivity contribution in [2.45, 2.75) is 32.7 Å². The Morgan fingerprint density at radius 1 is 1.21 bits per heavy atom. The van der Waals surface area contributed by atoms with Crippen molar-refractivity contribution >= 4 is 23.2 Å². The zero-order chi connectivity index (χ0) is 25.2. The second-order valence-corrected chi connectivity index (χ2v) is 8.56. The van der Waals surface area contributed by atoms with Crippen molar-refractivity contribution in [2.75, 3.05) is 25.0 Å². The Hall–Kier alpha value is -3.80. The van der Waals surface area contributed by atoms with Gasteiger partial charge >= 0.3 is 0 Å². The van der Waals surface area contributed by atoms with Crippen LogP contribution in [0.4, 0.5) is 18.9 Å². The molecule has 0 saturated heterocycles. The summed E-state index contributed by atoms with van der Waals surface area (Å²) < 4.78 is 40.9. The lowest BCUT2D eigenvalue weighted by Crippen LogP contribution is -2.39. The Balaban J connectivity index is 1.81. The van der Waals surface area contributed by atoms with Gasteiger partial charge in [0, 0.05) is 49.1 Å². The molecule has 0 unspecified atom stereocenters. The average molecular weight is 470 g/mol. The van der Waals surface area contributed by atoms with Crippen LogP contribution in [0.5, 0.6) is 0 Å². The Bertz CT molecular complexity index is 1190. The molecular formula is C25H25F3N4O2. The molecule has 3 rings (SSSR count). The van der Waals surface area contributed by atoms with Gasteiger partial charge in [0.25, 0.3) is 5.91 Å². The Morgan fingerprint density at radius 2 is 1.85 bits per heavy atom. The minimum absolute atomic E-state index is 0.124. The number of terminal acetylenes is 1. The number of hydrogen-bond donors (Lipinski definition) is 1. The van der Waals surface area contributed by atoms with Gasteiger partial charge in [0.2, 0.25) is 5.91 Å². The van der Waals surface area contributed by atoms with Gasteiger partial charge in [-0.3, -0.25) is 14.6 Å². The first kappa shape index (κ1) is 24.8. The van der Waals surface area contributed by atoms with Crippen LogP contribution < -0.4 is 10.2 Å². The third-order valence-corrected chi connectivity index (χ3v) is 5.71. The fraction of sp³-hybridized carbons (Fsp3) is 0.320. The molecule has 0 fully saturated rings. The van der Waals surface area contributed by atoms with Gasteiger partial charge < -0.3 is 10.2 Å². The lowest BCUT2D eigenvalue weighted by Gasteiger charge is -2.23. The summed E-state index contributed by atoms with van der Waals surface area (Å²) in [5.74, 6) is -1.49. The molecule has 0 saturated carbocycles. The van der Waals surface area contributed by atoms with Gasteiger partial charge in [-0.25, -0.2) is 13.2 Å². The molecule has 1 N–H and O–H groups in total. The molecule has 0 spiro atoms. The van der Waals surface area contributed by atoms with E-state index in [2.05, 4.69) is 16.3 Å². The van der Waals surface area contributed by atoms with E-state index < -0.39 is 40.9 Å². The van der Waals surface area contributed by atoms with Crippen LogP contribution in [0.25, 0.3) is 0 Å². The Kier molecular flexibility index (Phi) is 7.01. The zero-order valence-electron chi connectivity index (χ0n) is 19.4. The van der Waals surface area contributed by atoms with Crippen molar-refractivity contribution in [3.8, 4) is 12.3 Å². The highest BCUT2D eigenvalue weighted by Gasteiger charge is 2.43. The van der Waals surface area contributed by atoms with E-state index in [1.165, 1.54) is 0 Å². The molecule has 0 aliphatic carbocycles. The van der Waals surface area contributed by atoms with Crippen molar-refractivity contribution in [1.82, 2.24) is 10.3 Å². The van der Waals surface area contributed by atoms with E-state index in [1.807, 2.05) is 0 Å². The summed E-state index contributed by atoms with van der Waals surface area (Å²) in [4.78, 5) is 27.4. The van der Waals surface area contributed by atoms with E-state index in [0.717, 1.165) is 5.56 Å². The van der Waals surface area contributed by atoms with E-state index in [4.69, 9.17) is 6.42 Å². The van der Waals surface area contributed by atoms with Crippen LogP contribution in [0, 0.1) is 29.8 Å². The highest BCUT2D eigenvalue weighted by Crippen LogP contribution is 2.41. The van der Waals surface area contributed by atoms with Crippen LogP contribution in [0.3, 0.4) is 0 Å². The van der Waals surface area contributed by atoms with Crippen LogP contribution in [0.15, 0.2) is 35.4 Å². The SMILES string of the molecule is C#C/C(C)=N\N(C)CCN1C(=O)C(C)(C)c2ccc(C(=O)NCc3c(F)cc(F)cc3F)cc21. The van der Waals surface area contributed by atoms with Crippen molar-refractivity contribution in [3.63, 3.8) is 0 Å². The highest BCUT2D eigenvalue weighted by atomic mass is 19.1. The summed E-state index contributed by atoms with van der Waals surface area (Å²) in [6.07, 6.45) is 5.32. The molecule has 9 heteroatoms. The van der Waals surface area contributed by atoms with E-state index in [-0.39, 0.29) is 11.5 Å². The molecule has 0 aromatic heterocycles. The van der Waals surface area contributed by atoms with E-state index in [1.54, 1.807) is 55.9 Å². The first-order valence-electron chi connectivity index (χ1n) is 10.6. The maximum Gasteiger partial charge on any atom is 0.251 e. The quantitative estimate of drug-likeness (QED) is 0.382. The molecule has 1 heterocycles. The van der Waals surface area contributed by atoms with Gasteiger partial charge in [-0.05, 0) is 38.5 Å². The maximum atomic E-state index is 13.9. The van der Waals surface area contributed by atoms with Gasteiger partial charge in [-0.1, -0.05) is 12.0 Å². The largest absolute Gasteiger partial charge is 0.348 e. The number of benzene rings is 2. The molecule has 0 radical (unpaired) electrons. The van der Waals surface area contributed by atoms with E-state index >= 15 is 0 Å². The first-order valence-corrected chi connectivity index (χ1v) is 10.6. The summed E-state index contributed by atoms with van der Waals surface area (Å²) in [5.41, 5.74) is 0.820. The molecule has 2 aromatic carbocycles. The molecule has 178 valence electrons. The van der Waals surface area contributed by atoms with Crippen LogP contribution in [-0.2, 0) is 16.8 Å². The molecule has 0 bridgehead atoms. The van der Waals surface area contributed by atoms with Crippen LogP contribution >= 0.6 is 0 Å². The predicted molar refractivity (Wildman–Crippen MR) is 124 cm³/mol. The number of hydrogen-bond acceptors (Lipinski definition) is 4. The second-order valence-electron chi connectivity index (χ2n) is 8.56. The summed E-state index contributed by atoms with van der Waals surface area (Å²) in [6.45, 7) is 5.56. The van der Waals surface area contributed by atoms with Gasteiger partial charge in [0.05, 0.1) is 12.0 Å². The van der Waals surface area contributed by atoms with Gasteiger partial charge in [-0.2, -0.15) is 5.10 Å². The Labute approximate surface area is 196 Å². The number of hydrazone groups is 1. The van der Waals surface area contributed by atoms with Crippen LogP contribution in [0.1, 0.15) is 42.3 Å². The second kappa shape index (κ2) is 9.59. The predicted octanol–water partition coefficient (Wildman–Crippen LogP) is 3.60. The molecule has 2 amide bonds. The molecule has 1 aliphatic heterocycles. The molecule has 2 aromatic rings. The highest BCUT2D eigenvalue weighted by molar-refractivity contribution is 6.09. The summed E-state index contributed by atoms with van der Waals surface area (Å²) in [5, 5.41) is 8.30.